The van der Waals surface area contributed by atoms with Gasteiger partial charge in [-0.15, -0.1) is 0 Å². The summed E-state index contributed by atoms with van der Waals surface area (Å²) in [6, 6.07) is 11.6. The molecule has 0 unspecified atom stereocenters. The molecule has 9 heteroatoms. The summed E-state index contributed by atoms with van der Waals surface area (Å²) >= 11 is 17.8. The standard InChI is InChI=1S/C19H19Cl3N2O3S/c20-15-3-1-13(2-4-15)12-23-19(25)14-7-9-24(10-8-14)28(26,27)18-11-16(21)5-6-17(18)22/h1-6,11,14H,7-10,12H2,(H,23,25). The van der Waals surface area contributed by atoms with E-state index in [4.69, 9.17) is 34.8 Å². The van der Waals surface area contributed by atoms with Gasteiger partial charge in [0.1, 0.15) is 4.90 Å². The molecule has 0 aromatic heterocycles. The number of amides is 1. The van der Waals surface area contributed by atoms with Gasteiger partial charge in [0.2, 0.25) is 15.9 Å². The Morgan fingerprint density at radius 2 is 1.61 bits per heavy atom. The Morgan fingerprint density at radius 3 is 2.25 bits per heavy atom. The van der Waals surface area contributed by atoms with Crippen LogP contribution in [0.1, 0.15) is 18.4 Å². The molecule has 1 amide bonds. The first kappa shape index (κ1) is 21.4. The summed E-state index contributed by atoms with van der Waals surface area (Å²) in [5, 5.41) is 3.98. The van der Waals surface area contributed by atoms with Crippen LogP contribution in [-0.4, -0.2) is 31.7 Å². The zero-order valence-electron chi connectivity index (χ0n) is 14.9. The zero-order chi connectivity index (χ0) is 20.3. The van der Waals surface area contributed by atoms with Crippen LogP contribution in [0, 0.1) is 5.92 Å². The fourth-order valence-electron chi connectivity index (χ4n) is 3.11. The molecule has 0 aliphatic carbocycles. The van der Waals surface area contributed by atoms with Crippen LogP contribution in [0.2, 0.25) is 15.1 Å². The first-order valence-corrected chi connectivity index (χ1v) is 11.3. The first-order chi connectivity index (χ1) is 13.3. The van der Waals surface area contributed by atoms with Crippen molar-refractivity contribution in [2.45, 2.75) is 24.3 Å². The zero-order valence-corrected chi connectivity index (χ0v) is 18.0. The van der Waals surface area contributed by atoms with E-state index < -0.39 is 10.0 Å². The van der Waals surface area contributed by atoms with Crippen LogP contribution in [0.4, 0.5) is 0 Å². The maximum atomic E-state index is 12.8. The van der Waals surface area contributed by atoms with Crippen LogP contribution in [0.3, 0.4) is 0 Å². The molecule has 150 valence electrons. The maximum absolute atomic E-state index is 12.8. The van der Waals surface area contributed by atoms with Crippen LogP contribution in [0.25, 0.3) is 0 Å². The van der Waals surface area contributed by atoms with Gasteiger partial charge in [0, 0.05) is 35.6 Å². The van der Waals surface area contributed by atoms with E-state index in [1.54, 1.807) is 18.2 Å². The van der Waals surface area contributed by atoms with Crippen molar-refractivity contribution < 1.29 is 13.2 Å². The number of hydrogen-bond donors (Lipinski definition) is 1. The second kappa shape index (κ2) is 9.01. The Labute approximate surface area is 179 Å². The SMILES string of the molecule is O=C(NCc1ccc(Cl)cc1)C1CCN(S(=O)(=O)c2cc(Cl)ccc2Cl)CC1. The minimum atomic E-state index is -3.75. The van der Waals surface area contributed by atoms with Crippen molar-refractivity contribution in [3.8, 4) is 0 Å². The second-order valence-electron chi connectivity index (χ2n) is 6.60. The molecule has 0 saturated carbocycles. The average Bonchev–Trinajstić information content (AvgIpc) is 2.69. The van der Waals surface area contributed by atoms with Crippen LogP contribution in [0.5, 0.6) is 0 Å². The molecule has 1 saturated heterocycles. The topological polar surface area (TPSA) is 66.5 Å². The highest BCUT2D eigenvalue weighted by atomic mass is 35.5. The number of halogens is 3. The lowest BCUT2D eigenvalue weighted by molar-refractivity contribution is -0.126. The van der Waals surface area contributed by atoms with Gasteiger partial charge in [0.05, 0.1) is 5.02 Å². The second-order valence-corrected chi connectivity index (χ2v) is 9.78. The lowest BCUT2D eigenvalue weighted by atomic mass is 9.97. The summed E-state index contributed by atoms with van der Waals surface area (Å²) in [6.07, 6.45) is 0.897. The molecule has 0 atom stereocenters. The minimum absolute atomic E-state index is 0.00712. The molecule has 2 aromatic rings. The number of carbonyl (C=O) groups is 1. The van der Waals surface area contributed by atoms with Crippen LogP contribution < -0.4 is 5.32 Å². The van der Waals surface area contributed by atoms with Crippen LogP contribution >= 0.6 is 34.8 Å². The third-order valence-corrected chi connectivity index (χ3v) is 7.58. The van der Waals surface area contributed by atoms with Gasteiger partial charge in [-0.1, -0.05) is 46.9 Å². The quantitative estimate of drug-likeness (QED) is 0.719. The van der Waals surface area contributed by atoms with Crippen molar-refractivity contribution in [2.75, 3.05) is 13.1 Å². The molecule has 5 nitrogen and oxygen atoms in total. The highest BCUT2D eigenvalue weighted by Crippen LogP contribution is 2.30. The predicted octanol–water partition coefficient (Wildman–Crippen LogP) is 4.36. The van der Waals surface area contributed by atoms with Crippen molar-refractivity contribution in [1.82, 2.24) is 9.62 Å². The summed E-state index contributed by atoms with van der Waals surface area (Å²) in [4.78, 5) is 12.4. The average molecular weight is 462 g/mol. The summed E-state index contributed by atoms with van der Waals surface area (Å²) in [5.74, 6) is -0.304. The smallest absolute Gasteiger partial charge is 0.244 e. The van der Waals surface area contributed by atoms with Gasteiger partial charge in [0.15, 0.2) is 0 Å². The van der Waals surface area contributed by atoms with E-state index in [0.29, 0.717) is 29.4 Å². The molecule has 1 N–H and O–H groups in total. The van der Waals surface area contributed by atoms with E-state index >= 15 is 0 Å². The van der Waals surface area contributed by atoms with E-state index in [1.807, 2.05) is 12.1 Å². The normalized spacial score (nSPS) is 16.1. The molecular formula is C19H19Cl3N2O3S. The van der Waals surface area contributed by atoms with Gasteiger partial charge in [-0.25, -0.2) is 8.42 Å². The van der Waals surface area contributed by atoms with Crippen molar-refractivity contribution in [1.29, 1.82) is 0 Å². The molecule has 0 bridgehead atoms. The first-order valence-electron chi connectivity index (χ1n) is 8.75. The third-order valence-electron chi connectivity index (χ3n) is 4.72. The molecule has 1 aliphatic rings. The monoisotopic (exact) mass is 460 g/mol. The largest absolute Gasteiger partial charge is 0.352 e. The molecule has 28 heavy (non-hydrogen) atoms. The highest BCUT2D eigenvalue weighted by molar-refractivity contribution is 7.89. The summed E-state index contributed by atoms with van der Waals surface area (Å²) < 4.78 is 27.0. The molecule has 0 spiro atoms. The molecule has 1 fully saturated rings. The van der Waals surface area contributed by atoms with Gasteiger partial charge in [-0.05, 0) is 48.7 Å². The summed E-state index contributed by atoms with van der Waals surface area (Å²) in [7, 11) is -3.75. The van der Waals surface area contributed by atoms with E-state index in [9.17, 15) is 13.2 Å². The summed E-state index contributed by atoms with van der Waals surface area (Å²) in [5.41, 5.74) is 0.952. The van der Waals surface area contributed by atoms with Gasteiger partial charge >= 0.3 is 0 Å². The molecule has 2 aromatic carbocycles. The summed E-state index contributed by atoms with van der Waals surface area (Å²) in [6.45, 7) is 0.918. The van der Waals surface area contributed by atoms with Gasteiger partial charge in [0.25, 0.3) is 0 Å². The number of rotatable bonds is 5. The van der Waals surface area contributed by atoms with Crippen LogP contribution in [0.15, 0.2) is 47.4 Å². The third kappa shape index (κ3) is 4.99. The fourth-order valence-corrected chi connectivity index (χ4v) is 5.44. The maximum Gasteiger partial charge on any atom is 0.244 e. The van der Waals surface area contributed by atoms with Crippen molar-refractivity contribution in [2.24, 2.45) is 5.92 Å². The minimum Gasteiger partial charge on any atom is -0.352 e. The van der Waals surface area contributed by atoms with Gasteiger partial charge in [-0.2, -0.15) is 4.31 Å². The number of carbonyl (C=O) groups excluding carboxylic acids is 1. The predicted molar refractivity (Wildman–Crippen MR) is 111 cm³/mol. The van der Waals surface area contributed by atoms with Crippen molar-refractivity contribution in [3.63, 3.8) is 0 Å². The van der Waals surface area contributed by atoms with Gasteiger partial charge < -0.3 is 5.32 Å². The lowest BCUT2D eigenvalue weighted by Crippen LogP contribution is -2.42. The molecule has 1 aliphatic heterocycles. The van der Waals surface area contributed by atoms with Crippen molar-refractivity contribution in [3.05, 3.63) is 63.1 Å². The van der Waals surface area contributed by atoms with Gasteiger partial charge in [-0.3, -0.25) is 4.79 Å². The fraction of sp³-hybridized carbons (Fsp3) is 0.316. The Hall–Kier alpha value is -1.31. The van der Waals surface area contributed by atoms with E-state index in [1.165, 1.54) is 16.4 Å². The number of benzene rings is 2. The molecule has 3 rings (SSSR count). The van der Waals surface area contributed by atoms with Crippen molar-refractivity contribution >= 4 is 50.7 Å². The Balaban J connectivity index is 1.58. The molecular weight excluding hydrogens is 443 g/mol. The number of nitrogens with one attached hydrogen (secondary N) is 1. The Bertz CT molecular complexity index is 957. The Kier molecular flexibility index (Phi) is 6.89. The molecule has 1 heterocycles. The van der Waals surface area contributed by atoms with E-state index in [0.717, 1.165) is 5.56 Å². The van der Waals surface area contributed by atoms with Crippen LogP contribution in [-0.2, 0) is 21.4 Å². The number of piperidine rings is 1. The molecule has 0 radical (unpaired) electrons. The lowest BCUT2D eigenvalue weighted by Gasteiger charge is -2.30. The highest BCUT2D eigenvalue weighted by Gasteiger charge is 2.33. The Morgan fingerprint density at radius 1 is 1.00 bits per heavy atom. The van der Waals surface area contributed by atoms with E-state index in [2.05, 4.69) is 5.32 Å². The number of sulfonamides is 1. The number of nitrogens with zero attached hydrogens (tertiary/aromatic N) is 1. The van der Waals surface area contributed by atoms with E-state index in [-0.39, 0.29) is 34.8 Å². The number of hydrogen-bond acceptors (Lipinski definition) is 3.